The minimum Gasteiger partial charge on any atom is -0.480 e. The zero-order valence-electron chi connectivity index (χ0n) is 5.92. The average molecular weight is 144 g/mol. The molecule has 0 bridgehead atoms. The Morgan fingerprint density at radius 2 is 2.20 bits per heavy atom. The van der Waals surface area contributed by atoms with E-state index < -0.39 is 12.0 Å². The number of nitrogens with one attached hydrogen (secondary N) is 2. The first kappa shape index (κ1) is 7.50. The number of carboxylic acid groups (broad SMARTS) is 1. The van der Waals surface area contributed by atoms with Crippen molar-refractivity contribution >= 4 is 5.97 Å². The molecule has 1 heterocycles. The molecule has 0 saturated carbocycles. The maximum Gasteiger partial charge on any atom is 0.322 e. The fraction of sp³-hybridized carbons (Fsp3) is 0.833. The summed E-state index contributed by atoms with van der Waals surface area (Å²) in [6, 6.07) is -0.0215. The van der Waals surface area contributed by atoms with E-state index in [0.717, 1.165) is 6.54 Å². The summed E-state index contributed by atoms with van der Waals surface area (Å²) in [5, 5.41) is 14.5. The van der Waals surface area contributed by atoms with Gasteiger partial charge in [-0.05, 0) is 6.92 Å². The van der Waals surface area contributed by atoms with Gasteiger partial charge in [-0.15, -0.1) is 0 Å². The number of hydrogen-bond donors (Lipinski definition) is 3. The van der Waals surface area contributed by atoms with E-state index in [4.69, 9.17) is 5.11 Å². The molecule has 58 valence electrons. The average Bonchev–Trinajstić information content (AvgIpc) is 1.88. The van der Waals surface area contributed by atoms with Crippen molar-refractivity contribution in [2.75, 3.05) is 13.1 Å². The van der Waals surface area contributed by atoms with Crippen molar-refractivity contribution in [2.24, 2.45) is 0 Å². The normalized spacial score (nSPS) is 33.7. The van der Waals surface area contributed by atoms with Crippen LogP contribution in [0.15, 0.2) is 0 Å². The molecule has 1 saturated heterocycles. The molecule has 1 fully saturated rings. The van der Waals surface area contributed by atoms with E-state index in [1.165, 1.54) is 0 Å². The number of rotatable bonds is 1. The first-order valence-electron chi connectivity index (χ1n) is 3.39. The molecule has 2 atom stereocenters. The van der Waals surface area contributed by atoms with E-state index in [9.17, 15) is 4.79 Å². The van der Waals surface area contributed by atoms with E-state index in [2.05, 4.69) is 10.6 Å². The molecule has 0 unspecified atom stereocenters. The molecule has 0 spiro atoms. The highest BCUT2D eigenvalue weighted by molar-refractivity contribution is 5.73. The SMILES string of the molecule is C[C@H]1CN[C@@H](C(=O)O)CN1. The van der Waals surface area contributed by atoms with Crippen molar-refractivity contribution in [3.8, 4) is 0 Å². The molecular weight excluding hydrogens is 132 g/mol. The predicted molar refractivity (Wildman–Crippen MR) is 36.9 cm³/mol. The first-order valence-corrected chi connectivity index (χ1v) is 3.39. The molecule has 1 rings (SSSR count). The van der Waals surface area contributed by atoms with E-state index in [1.54, 1.807) is 0 Å². The quantitative estimate of drug-likeness (QED) is 0.442. The van der Waals surface area contributed by atoms with Crippen LogP contribution in [0.25, 0.3) is 0 Å². The van der Waals surface area contributed by atoms with Crippen molar-refractivity contribution in [1.29, 1.82) is 0 Å². The van der Waals surface area contributed by atoms with Crippen molar-refractivity contribution in [3.05, 3.63) is 0 Å². The summed E-state index contributed by atoms with van der Waals surface area (Å²) in [6.45, 7) is 3.28. The summed E-state index contributed by atoms with van der Waals surface area (Å²) in [7, 11) is 0. The third kappa shape index (κ3) is 1.68. The van der Waals surface area contributed by atoms with Gasteiger partial charge < -0.3 is 15.7 Å². The fourth-order valence-corrected chi connectivity index (χ4v) is 0.957. The molecule has 3 N–H and O–H groups in total. The Bertz CT molecular complexity index is 130. The third-order valence-corrected chi connectivity index (χ3v) is 1.64. The molecule has 0 aromatic carbocycles. The molecule has 0 aromatic rings. The Morgan fingerprint density at radius 1 is 1.50 bits per heavy atom. The zero-order chi connectivity index (χ0) is 7.56. The fourth-order valence-electron chi connectivity index (χ4n) is 0.957. The smallest absolute Gasteiger partial charge is 0.322 e. The minimum absolute atomic E-state index is 0.385. The molecule has 4 nitrogen and oxygen atoms in total. The van der Waals surface area contributed by atoms with E-state index in [0.29, 0.717) is 12.6 Å². The molecule has 0 aliphatic carbocycles. The van der Waals surface area contributed by atoms with Crippen LogP contribution in [0, 0.1) is 0 Å². The topological polar surface area (TPSA) is 61.4 Å². The highest BCUT2D eigenvalue weighted by Gasteiger charge is 2.21. The highest BCUT2D eigenvalue weighted by Crippen LogP contribution is 1.91. The second-order valence-corrected chi connectivity index (χ2v) is 2.61. The summed E-state index contributed by atoms with van der Waals surface area (Å²) in [4.78, 5) is 10.4. The van der Waals surface area contributed by atoms with E-state index in [-0.39, 0.29) is 0 Å². The van der Waals surface area contributed by atoms with Gasteiger partial charge in [-0.25, -0.2) is 0 Å². The molecule has 1 aliphatic rings. The molecule has 0 aromatic heterocycles. The van der Waals surface area contributed by atoms with Gasteiger partial charge in [0.25, 0.3) is 0 Å². The molecule has 0 radical (unpaired) electrons. The Kier molecular flexibility index (Phi) is 2.24. The lowest BCUT2D eigenvalue weighted by atomic mass is 10.2. The molecular formula is C6H12N2O2. The maximum absolute atomic E-state index is 10.4. The van der Waals surface area contributed by atoms with Gasteiger partial charge in [0.1, 0.15) is 6.04 Å². The number of carbonyl (C=O) groups is 1. The third-order valence-electron chi connectivity index (χ3n) is 1.64. The minimum atomic E-state index is -0.778. The Morgan fingerprint density at radius 3 is 2.60 bits per heavy atom. The summed E-state index contributed by atoms with van der Waals surface area (Å²) in [6.07, 6.45) is 0. The Labute approximate surface area is 59.6 Å². The number of hydrogen-bond acceptors (Lipinski definition) is 3. The Balaban J connectivity index is 2.33. The molecule has 0 amide bonds. The number of piperazine rings is 1. The van der Waals surface area contributed by atoms with Crippen LogP contribution in [0.2, 0.25) is 0 Å². The van der Waals surface area contributed by atoms with Gasteiger partial charge >= 0.3 is 5.97 Å². The van der Waals surface area contributed by atoms with Gasteiger partial charge in [-0.3, -0.25) is 4.79 Å². The van der Waals surface area contributed by atoms with Crippen molar-refractivity contribution in [3.63, 3.8) is 0 Å². The Hall–Kier alpha value is -0.610. The zero-order valence-corrected chi connectivity index (χ0v) is 5.92. The summed E-state index contributed by atoms with van der Waals surface area (Å²) >= 11 is 0. The summed E-state index contributed by atoms with van der Waals surface area (Å²) < 4.78 is 0. The standard InChI is InChI=1S/C6H12N2O2/c1-4-2-8-5(3-7-4)6(9)10/h4-5,7-8H,2-3H2,1H3,(H,9,10)/t4-,5+/m0/s1. The summed E-state index contributed by atoms with van der Waals surface area (Å²) in [5.41, 5.74) is 0. The van der Waals surface area contributed by atoms with Crippen molar-refractivity contribution < 1.29 is 9.90 Å². The van der Waals surface area contributed by atoms with Crippen LogP contribution in [-0.2, 0) is 4.79 Å². The second kappa shape index (κ2) is 2.98. The van der Waals surface area contributed by atoms with Gasteiger partial charge in [0.05, 0.1) is 0 Å². The predicted octanol–water partition coefficient (Wildman–Crippen LogP) is -0.979. The van der Waals surface area contributed by atoms with Gasteiger partial charge in [0.2, 0.25) is 0 Å². The van der Waals surface area contributed by atoms with Crippen LogP contribution in [0.5, 0.6) is 0 Å². The molecule has 10 heavy (non-hydrogen) atoms. The van der Waals surface area contributed by atoms with Gasteiger partial charge in [0, 0.05) is 19.1 Å². The summed E-state index contributed by atoms with van der Waals surface area (Å²) in [5.74, 6) is -0.778. The van der Waals surface area contributed by atoms with Gasteiger partial charge in [-0.2, -0.15) is 0 Å². The monoisotopic (exact) mass is 144 g/mol. The van der Waals surface area contributed by atoms with Crippen molar-refractivity contribution in [1.82, 2.24) is 10.6 Å². The van der Waals surface area contributed by atoms with Crippen LogP contribution < -0.4 is 10.6 Å². The van der Waals surface area contributed by atoms with Gasteiger partial charge in [-0.1, -0.05) is 0 Å². The molecule has 4 heteroatoms. The lowest BCUT2D eigenvalue weighted by Gasteiger charge is -2.25. The van der Waals surface area contributed by atoms with Crippen LogP contribution in [-0.4, -0.2) is 36.2 Å². The lowest BCUT2D eigenvalue weighted by Crippen LogP contribution is -2.56. The van der Waals surface area contributed by atoms with Gasteiger partial charge in [0.15, 0.2) is 0 Å². The number of aliphatic carboxylic acids is 1. The van der Waals surface area contributed by atoms with E-state index in [1.807, 2.05) is 6.92 Å². The number of carboxylic acids is 1. The lowest BCUT2D eigenvalue weighted by molar-refractivity contribution is -0.139. The van der Waals surface area contributed by atoms with E-state index >= 15 is 0 Å². The largest absolute Gasteiger partial charge is 0.480 e. The first-order chi connectivity index (χ1) is 4.70. The second-order valence-electron chi connectivity index (χ2n) is 2.61. The van der Waals surface area contributed by atoms with Crippen LogP contribution in [0.4, 0.5) is 0 Å². The van der Waals surface area contributed by atoms with Crippen LogP contribution in [0.1, 0.15) is 6.92 Å². The maximum atomic E-state index is 10.4. The van der Waals surface area contributed by atoms with Crippen LogP contribution >= 0.6 is 0 Å². The van der Waals surface area contributed by atoms with Crippen LogP contribution in [0.3, 0.4) is 0 Å². The van der Waals surface area contributed by atoms with Crippen molar-refractivity contribution in [2.45, 2.75) is 19.0 Å². The highest BCUT2D eigenvalue weighted by atomic mass is 16.4. The molecule has 1 aliphatic heterocycles.